The second-order valence-electron chi connectivity index (χ2n) is 4.44. The molecule has 23 heavy (non-hydrogen) atoms. The monoisotopic (exact) mass is 315 g/mol. The van der Waals surface area contributed by atoms with E-state index in [-0.39, 0.29) is 12.3 Å². The highest BCUT2D eigenvalue weighted by molar-refractivity contribution is 5.95. The van der Waals surface area contributed by atoms with Gasteiger partial charge in [-0.05, 0) is 13.0 Å². The van der Waals surface area contributed by atoms with Gasteiger partial charge in [0.2, 0.25) is 0 Å². The van der Waals surface area contributed by atoms with Crippen molar-refractivity contribution in [3.63, 3.8) is 0 Å². The van der Waals surface area contributed by atoms with Gasteiger partial charge in [-0.1, -0.05) is 5.92 Å². The van der Waals surface area contributed by atoms with Crippen LogP contribution in [0.2, 0.25) is 0 Å². The molecule has 2 aromatic rings. The molecule has 0 spiro atoms. The Balaban J connectivity index is 2.60. The van der Waals surface area contributed by atoms with E-state index in [1.165, 1.54) is 13.2 Å². The predicted molar refractivity (Wildman–Crippen MR) is 85.1 cm³/mol. The minimum atomic E-state index is -0.611. The molecule has 0 N–H and O–H groups in total. The van der Waals surface area contributed by atoms with Gasteiger partial charge < -0.3 is 18.9 Å². The van der Waals surface area contributed by atoms with Crippen molar-refractivity contribution in [1.82, 2.24) is 4.98 Å². The lowest BCUT2D eigenvalue weighted by Crippen LogP contribution is -2.09. The molecule has 0 radical (unpaired) electrons. The van der Waals surface area contributed by atoms with E-state index in [1.54, 1.807) is 19.2 Å². The quantitative estimate of drug-likeness (QED) is 0.602. The minimum Gasteiger partial charge on any atom is -0.493 e. The number of rotatable bonds is 6. The first kappa shape index (κ1) is 16.4. The second-order valence-corrected chi connectivity index (χ2v) is 4.44. The fraction of sp³-hybridized carbons (Fsp3) is 0.294. The molecule has 0 bridgehead atoms. The Kier molecular flexibility index (Phi) is 5.26. The van der Waals surface area contributed by atoms with Crippen LogP contribution in [0.5, 0.6) is 17.2 Å². The molecule has 0 fully saturated rings. The van der Waals surface area contributed by atoms with E-state index in [2.05, 4.69) is 10.9 Å². The molecule has 0 aliphatic heterocycles. The van der Waals surface area contributed by atoms with Gasteiger partial charge in [-0.3, -0.25) is 0 Å². The zero-order valence-corrected chi connectivity index (χ0v) is 13.2. The maximum absolute atomic E-state index is 12.0. The van der Waals surface area contributed by atoms with E-state index in [4.69, 9.17) is 25.4 Å². The number of methoxy groups -OCH3 is 2. The van der Waals surface area contributed by atoms with E-state index >= 15 is 0 Å². The largest absolute Gasteiger partial charge is 0.493 e. The molecule has 0 unspecified atom stereocenters. The van der Waals surface area contributed by atoms with Crippen molar-refractivity contribution in [2.45, 2.75) is 6.92 Å². The Morgan fingerprint density at radius 1 is 1.17 bits per heavy atom. The van der Waals surface area contributed by atoms with Crippen LogP contribution in [0.1, 0.15) is 17.4 Å². The minimum absolute atomic E-state index is 0.114. The molecule has 0 atom stereocenters. The van der Waals surface area contributed by atoms with Gasteiger partial charge in [0.15, 0.2) is 23.8 Å². The molecular formula is C17H17NO5. The first-order valence-electron chi connectivity index (χ1n) is 6.94. The summed E-state index contributed by atoms with van der Waals surface area (Å²) >= 11 is 0. The van der Waals surface area contributed by atoms with Gasteiger partial charge in [-0.2, -0.15) is 0 Å². The van der Waals surface area contributed by atoms with Crippen molar-refractivity contribution < 1.29 is 23.7 Å². The van der Waals surface area contributed by atoms with Crippen molar-refractivity contribution in [2.75, 3.05) is 27.4 Å². The third-order valence-electron chi connectivity index (χ3n) is 3.07. The zero-order valence-electron chi connectivity index (χ0n) is 13.2. The number of pyridine rings is 1. The highest BCUT2D eigenvalue weighted by Crippen LogP contribution is 2.36. The number of terminal acetylenes is 1. The van der Waals surface area contributed by atoms with Gasteiger partial charge in [-0.15, -0.1) is 6.42 Å². The van der Waals surface area contributed by atoms with Crippen LogP contribution in [0.4, 0.5) is 0 Å². The molecule has 2 rings (SSSR count). The number of carbonyl (C=O) groups is 1. The smallest absolute Gasteiger partial charge is 0.358 e. The lowest BCUT2D eigenvalue weighted by atomic mass is 10.1. The number of hydrogen-bond donors (Lipinski definition) is 0. The molecule has 1 aromatic heterocycles. The fourth-order valence-corrected chi connectivity index (χ4v) is 2.08. The standard InChI is InChI=1S/C17H17NO5/c1-5-7-23-17(19)13-10-14(22-6-2)11-8-15(20-3)16(21-4)9-12(11)18-13/h1,8-10H,6-7H2,2-4H3. The summed E-state index contributed by atoms with van der Waals surface area (Å²) in [5, 5.41) is 0.706. The number of hydrogen-bond acceptors (Lipinski definition) is 6. The van der Waals surface area contributed by atoms with Crippen LogP contribution in [0.3, 0.4) is 0 Å². The number of benzene rings is 1. The summed E-state index contributed by atoms with van der Waals surface area (Å²) in [6.07, 6.45) is 5.09. The number of aromatic nitrogens is 1. The molecule has 0 saturated carbocycles. The van der Waals surface area contributed by atoms with Gasteiger partial charge in [0.05, 0.1) is 26.3 Å². The normalized spacial score (nSPS) is 10.0. The van der Waals surface area contributed by atoms with E-state index in [0.717, 1.165) is 0 Å². The molecule has 0 aliphatic rings. The SMILES string of the molecule is C#CCOC(=O)c1cc(OCC)c2cc(OC)c(OC)cc2n1. The molecular weight excluding hydrogens is 298 g/mol. The Labute approximate surface area is 134 Å². The van der Waals surface area contributed by atoms with E-state index < -0.39 is 5.97 Å². The van der Waals surface area contributed by atoms with Gasteiger partial charge in [0.25, 0.3) is 0 Å². The van der Waals surface area contributed by atoms with E-state index in [0.29, 0.717) is 34.8 Å². The molecule has 6 nitrogen and oxygen atoms in total. The van der Waals surface area contributed by atoms with Crippen LogP contribution in [-0.4, -0.2) is 38.4 Å². The number of ether oxygens (including phenoxy) is 4. The van der Waals surface area contributed by atoms with Gasteiger partial charge in [0, 0.05) is 17.5 Å². The Bertz CT molecular complexity index is 764. The van der Waals surface area contributed by atoms with Crippen molar-refractivity contribution in [1.29, 1.82) is 0 Å². The molecule has 0 saturated heterocycles. The molecule has 1 heterocycles. The number of carbonyl (C=O) groups excluding carboxylic acids is 1. The first-order chi connectivity index (χ1) is 11.1. The second kappa shape index (κ2) is 7.36. The number of fused-ring (bicyclic) bond motifs is 1. The summed E-state index contributed by atoms with van der Waals surface area (Å²) < 4.78 is 21.1. The van der Waals surface area contributed by atoms with E-state index in [1.807, 2.05) is 6.92 Å². The lowest BCUT2D eigenvalue weighted by molar-refractivity contribution is 0.0550. The first-order valence-corrected chi connectivity index (χ1v) is 6.94. The Morgan fingerprint density at radius 3 is 2.48 bits per heavy atom. The zero-order chi connectivity index (χ0) is 16.8. The summed E-state index contributed by atoms with van der Waals surface area (Å²) in [4.78, 5) is 16.3. The van der Waals surface area contributed by atoms with Crippen molar-refractivity contribution in [3.8, 4) is 29.6 Å². The summed E-state index contributed by atoms with van der Waals surface area (Å²) in [7, 11) is 3.07. The summed E-state index contributed by atoms with van der Waals surface area (Å²) in [6.45, 7) is 2.17. The topological polar surface area (TPSA) is 66.9 Å². The Hall–Kier alpha value is -2.94. The fourth-order valence-electron chi connectivity index (χ4n) is 2.08. The maximum atomic E-state index is 12.0. The maximum Gasteiger partial charge on any atom is 0.358 e. The summed E-state index contributed by atoms with van der Waals surface area (Å²) in [5.41, 5.74) is 0.643. The van der Waals surface area contributed by atoms with Crippen molar-refractivity contribution >= 4 is 16.9 Å². The molecule has 0 aliphatic carbocycles. The molecule has 0 amide bonds. The van der Waals surface area contributed by atoms with E-state index in [9.17, 15) is 4.79 Å². The predicted octanol–water partition coefficient (Wildman–Crippen LogP) is 2.44. The van der Waals surface area contributed by atoms with Crippen LogP contribution < -0.4 is 14.2 Å². The van der Waals surface area contributed by atoms with Crippen molar-refractivity contribution in [3.05, 3.63) is 23.9 Å². The molecule has 6 heteroatoms. The average Bonchev–Trinajstić information content (AvgIpc) is 2.58. The molecule has 120 valence electrons. The van der Waals surface area contributed by atoms with Crippen LogP contribution in [0.25, 0.3) is 10.9 Å². The average molecular weight is 315 g/mol. The van der Waals surface area contributed by atoms with Crippen LogP contribution in [-0.2, 0) is 4.74 Å². The third-order valence-corrected chi connectivity index (χ3v) is 3.07. The highest BCUT2D eigenvalue weighted by atomic mass is 16.5. The Morgan fingerprint density at radius 2 is 1.87 bits per heavy atom. The lowest BCUT2D eigenvalue weighted by Gasteiger charge is -2.13. The van der Waals surface area contributed by atoms with Gasteiger partial charge in [0.1, 0.15) is 5.75 Å². The van der Waals surface area contributed by atoms with Crippen LogP contribution in [0.15, 0.2) is 18.2 Å². The van der Waals surface area contributed by atoms with Crippen molar-refractivity contribution in [2.24, 2.45) is 0 Å². The van der Waals surface area contributed by atoms with Crippen LogP contribution >= 0.6 is 0 Å². The number of esters is 1. The highest BCUT2D eigenvalue weighted by Gasteiger charge is 2.16. The molecule has 1 aromatic carbocycles. The van der Waals surface area contributed by atoms with Gasteiger partial charge in [-0.25, -0.2) is 9.78 Å². The van der Waals surface area contributed by atoms with Crippen LogP contribution in [0, 0.1) is 12.3 Å². The summed E-state index contributed by atoms with van der Waals surface area (Å²) in [5.74, 6) is 3.19. The number of nitrogens with zero attached hydrogens (tertiary/aromatic N) is 1. The third kappa shape index (κ3) is 3.46. The van der Waals surface area contributed by atoms with Gasteiger partial charge >= 0.3 is 5.97 Å². The summed E-state index contributed by atoms with van der Waals surface area (Å²) in [6, 6.07) is 4.95.